The lowest BCUT2D eigenvalue weighted by atomic mass is 10.0. The average molecular weight is 478 g/mol. The van der Waals surface area contributed by atoms with Gasteiger partial charge in [-0.3, -0.25) is 19.3 Å². The van der Waals surface area contributed by atoms with Crippen molar-refractivity contribution in [1.29, 1.82) is 0 Å². The number of nitrogens with one attached hydrogen (secondary N) is 1. The molecule has 1 N–H and O–H groups in total. The van der Waals surface area contributed by atoms with E-state index in [0.717, 1.165) is 0 Å². The lowest BCUT2D eigenvalue weighted by molar-refractivity contribution is -0.115. The summed E-state index contributed by atoms with van der Waals surface area (Å²) in [5.74, 6) is 0.336. The lowest BCUT2D eigenvalue weighted by Gasteiger charge is -2.14. The molecule has 0 aliphatic rings. The van der Waals surface area contributed by atoms with Gasteiger partial charge in [0.15, 0.2) is 5.65 Å². The highest BCUT2D eigenvalue weighted by Crippen LogP contribution is 2.26. The molecule has 0 radical (unpaired) electrons. The van der Waals surface area contributed by atoms with E-state index < -0.39 is 18.3 Å². The molecule has 5 rings (SSSR count). The molecule has 8 nitrogen and oxygen atoms in total. The fourth-order valence-electron chi connectivity index (χ4n) is 3.67. The van der Waals surface area contributed by atoms with Gasteiger partial charge in [-0.1, -0.05) is 6.07 Å². The largest absolute Gasteiger partial charge is 0.497 e. The number of aromatic nitrogens is 5. The normalized spacial score (nSPS) is 11.7. The quantitative estimate of drug-likeness (QED) is 0.401. The van der Waals surface area contributed by atoms with Gasteiger partial charge in [0.1, 0.15) is 12.3 Å². The van der Waals surface area contributed by atoms with Crippen molar-refractivity contribution in [2.75, 3.05) is 19.0 Å². The van der Waals surface area contributed by atoms with E-state index in [0.29, 0.717) is 39.0 Å². The molecule has 0 amide bonds. The van der Waals surface area contributed by atoms with Crippen LogP contribution in [-0.2, 0) is 0 Å². The van der Waals surface area contributed by atoms with Crippen LogP contribution in [0, 0.1) is 0 Å². The Bertz CT molecular complexity index is 1600. The van der Waals surface area contributed by atoms with Crippen LogP contribution in [0.15, 0.2) is 71.9 Å². The molecule has 0 atom stereocenters. The predicted octanol–water partition coefficient (Wildman–Crippen LogP) is 4.37. The van der Waals surface area contributed by atoms with Crippen molar-refractivity contribution in [2.24, 2.45) is 0 Å². The topological polar surface area (TPSA) is 94.8 Å². The Morgan fingerprint density at radius 3 is 2.43 bits per heavy atom. The second-order valence-electron chi connectivity index (χ2n) is 7.60. The maximum atomic E-state index is 13.7. The number of nitrogens with zero attached hydrogens (tertiary/aromatic N) is 5. The van der Waals surface area contributed by atoms with Crippen molar-refractivity contribution in [3.63, 3.8) is 0 Å². The maximum Gasteiger partial charge on any atom is 0.405 e. The summed E-state index contributed by atoms with van der Waals surface area (Å²) in [6, 6.07) is 13.6. The Morgan fingerprint density at radius 2 is 1.71 bits per heavy atom. The molecule has 0 fully saturated rings. The van der Waals surface area contributed by atoms with Gasteiger partial charge in [0.25, 0.3) is 5.56 Å². The number of rotatable bonds is 5. The fourth-order valence-corrected chi connectivity index (χ4v) is 3.67. The second kappa shape index (κ2) is 8.67. The number of hydrogen-bond acceptors (Lipinski definition) is 7. The zero-order valence-corrected chi connectivity index (χ0v) is 18.2. The Balaban J connectivity index is 1.73. The molecule has 35 heavy (non-hydrogen) atoms. The van der Waals surface area contributed by atoms with Crippen LogP contribution in [0.25, 0.3) is 38.9 Å². The number of hydrogen-bond donors (Lipinski definition) is 1. The molecule has 0 spiro atoms. The third kappa shape index (κ3) is 4.47. The molecule has 0 aliphatic carbocycles. The van der Waals surface area contributed by atoms with Gasteiger partial charge in [0, 0.05) is 29.5 Å². The maximum absolute atomic E-state index is 13.7. The van der Waals surface area contributed by atoms with Gasteiger partial charge in [-0.2, -0.15) is 18.2 Å². The Hall–Kier alpha value is -4.54. The van der Waals surface area contributed by atoms with Gasteiger partial charge in [-0.15, -0.1) is 0 Å². The Labute approximate surface area is 196 Å². The van der Waals surface area contributed by atoms with E-state index in [1.807, 2.05) is 0 Å². The highest BCUT2D eigenvalue weighted by Gasteiger charge is 2.27. The fraction of sp³-hybridized carbons (Fsp3) is 0.125. The van der Waals surface area contributed by atoms with E-state index in [-0.39, 0.29) is 11.6 Å². The van der Waals surface area contributed by atoms with E-state index >= 15 is 0 Å². The monoisotopic (exact) mass is 478 g/mol. The predicted molar refractivity (Wildman–Crippen MR) is 125 cm³/mol. The highest BCUT2D eigenvalue weighted by molar-refractivity contribution is 5.86. The summed E-state index contributed by atoms with van der Waals surface area (Å²) in [7, 11) is 1.52. The van der Waals surface area contributed by atoms with E-state index in [1.165, 1.54) is 17.9 Å². The van der Waals surface area contributed by atoms with Crippen molar-refractivity contribution in [2.45, 2.75) is 6.18 Å². The van der Waals surface area contributed by atoms with Gasteiger partial charge in [-0.25, -0.2) is 4.98 Å². The molecule has 0 saturated heterocycles. The first-order valence-electron chi connectivity index (χ1n) is 10.4. The molecule has 5 aromatic rings. The van der Waals surface area contributed by atoms with Crippen LogP contribution in [-0.4, -0.2) is 44.3 Å². The number of anilines is 1. The zero-order valence-electron chi connectivity index (χ0n) is 18.2. The van der Waals surface area contributed by atoms with Gasteiger partial charge < -0.3 is 10.1 Å². The standard InChI is InChI=1S/C24H17F3N6O2/c1-35-17-5-3-16(4-6-17)33-21-15(12-30-23(32-21)31-13-24(25,26)27)10-18(22(33)34)14-2-7-19-20(11-14)29-9-8-28-19/h2-12H,13H2,1H3,(H,30,31,32). The molecule has 3 aromatic heterocycles. The lowest BCUT2D eigenvalue weighted by Crippen LogP contribution is -2.24. The van der Waals surface area contributed by atoms with E-state index in [4.69, 9.17) is 4.74 Å². The third-order valence-corrected chi connectivity index (χ3v) is 5.30. The van der Waals surface area contributed by atoms with Crippen LogP contribution in [0.3, 0.4) is 0 Å². The number of alkyl halides is 3. The summed E-state index contributed by atoms with van der Waals surface area (Å²) < 4.78 is 44.6. The van der Waals surface area contributed by atoms with Gasteiger partial charge in [0.05, 0.1) is 23.8 Å². The van der Waals surface area contributed by atoms with Gasteiger partial charge >= 0.3 is 6.18 Å². The molecule has 176 valence electrons. The summed E-state index contributed by atoms with van der Waals surface area (Å²) in [4.78, 5) is 30.5. The minimum atomic E-state index is -4.45. The third-order valence-electron chi connectivity index (χ3n) is 5.30. The molecular formula is C24H17F3N6O2. The molecule has 11 heteroatoms. The number of methoxy groups -OCH3 is 1. The first kappa shape index (κ1) is 22.3. The number of fused-ring (bicyclic) bond motifs is 2. The number of benzene rings is 2. The summed E-state index contributed by atoms with van der Waals surface area (Å²) in [5.41, 5.74) is 2.45. The second-order valence-corrected chi connectivity index (χ2v) is 7.60. The van der Waals surface area contributed by atoms with Crippen LogP contribution < -0.4 is 15.6 Å². The number of halogens is 3. The zero-order chi connectivity index (χ0) is 24.6. The SMILES string of the molecule is COc1ccc(-n2c(=O)c(-c3ccc4nccnc4c3)cc3cnc(NCC(F)(F)F)nc32)cc1. The first-order valence-corrected chi connectivity index (χ1v) is 10.4. The summed E-state index contributed by atoms with van der Waals surface area (Å²) in [6.07, 6.45) is 0.0730. The van der Waals surface area contributed by atoms with Gasteiger partial charge in [0.2, 0.25) is 5.95 Å². The van der Waals surface area contributed by atoms with E-state index in [2.05, 4.69) is 25.3 Å². The van der Waals surface area contributed by atoms with Crippen molar-refractivity contribution in [3.8, 4) is 22.6 Å². The Morgan fingerprint density at radius 1 is 0.971 bits per heavy atom. The van der Waals surface area contributed by atoms with E-state index in [9.17, 15) is 18.0 Å². The summed E-state index contributed by atoms with van der Waals surface area (Å²) >= 11 is 0. The summed E-state index contributed by atoms with van der Waals surface area (Å²) in [6.45, 7) is -1.30. The molecule has 2 aromatic carbocycles. The van der Waals surface area contributed by atoms with Crippen LogP contribution in [0.4, 0.5) is 19.1 Å². The average Bonchev–Trinajstić information content (AvgIpc) is 2.86. The van der Waals surface area contributed by atoms with Crippen molar-refractivity contribution in [1.82, 2.24) is 24.5 Å². The van der Waals surface area contributed by atoms with Crippen LogP contribution >= 0.6 is 0 Å². The molecule has 0 unspecified atom stereocenters. The van der Waals surface area contributed by atoms with Crippen LogP contribution in [0.2, 0.25) is 0 Å². The molecule has 0 bridgehead atoms. The van der Waals surface area contributed by atoms with Crippen molar-refractivity contribution < 1.29 is 17.9 Å². The summed E-state index contributed by atoms with van der Waals surface area (Å²) in [5, 5.41) is 2.63. The first-order chi connectivity index (χ1) is 16.8. The Kier molecular flexibility index (Phi) is 5.51. The molecule has 3 heterocycles. The van der Waals surface area contributed by atoms with E-state index in [1.54, 1.807) is 60.9 Å². The van der Waals surface area contributed by atoms with Crippen LogP contribution in [0.5, 0.6) is 5.75 Å². The minimum absolute atomic E-state index is 0.157. The van der Waals surface area contributed by atoms with Gasteiger partial charge in [-0.05, 0) is 48.0 Å². The highest BCUT2D eigenvalue weighted by atomic mass is 19.4. The van der Waals surface area contributed by atoms with Crippen LogP contribution in [0.1, 0.15) is 0 Å². The smallest absolute Gasteiger partial charge is 0.405 e. The number of pyridine rings is 1. The molecular weight excluding hydrogens is 461 g/mol. The molecule has 0 saturated carbocycles. The van der Waals surface area contributed by atoms with Crippen molar-refractivity contribution in [3.05, 3.63) is 77.5 Å². The van der Waals surface area contributed by atoms with Crippen molar-refractivity contribution >= 4 is 28.0 Å². The minimum Gasteiger partial charge on any atom is -0.497 e. The number of ether oxygens (including phenoxy) is 1. The molecule has 0 aliphatic heterocycles.